The van der Waals surface area contributed by atoms with E-state index in [0.717, 1.165) is 35.1 Å². The average Bonchev–Trinajstić information content (AvgIpc) is 3.35. The number of pyridine rings is 2. The van der Waals surface area contributed by atoms with Crippen molar-refractivity contribution in [1.82, 2.24) is 25.1 Å². The van der Waals surface area contributed by atoms with Crippen molar-refractivity contribution in [2.24, 2.45) is 5.92 Å². The van der Waals surface area contributed by atoms with Gasteiger partial charge in [-0.05, 0) is 30.7 Å². The quantitative estimate of drug-likeness (QED) is 0.563. The number of β-amino-alcohol motifs (C(OH)–C–C–N with tert-alkyl or cyclic N) is 1. The fraction of sp³-hybridized carbons (Fsp3) is 0.273. The van der Waals surface area contributed by atoms with Crippen LogP contribution >= 0.6 is 0 Å². The predicted molar refractivity (Wildman–Crippen MR) is 108 cm³/mol. The van der Waals surface area contributed by atoms with Gasteiger partial charge in [0, 0.05) is 42.5 Å². The van der Waals surface area contributed by atoms with E-state index in [1.165, 1.54) is 0 Å². The molecule has 1 saturated heterocycles. The zero-order chi connectivity index (χ0) is 19.6. The molecule has 2 atom stereocenters. The Kier molecular flexibility index (Phi) is 4.75. The third kappa shape index (κ3) is 3.87. The molecule has 7 nitrogen and oxygen atoms in total. The van der Waals surface area contributed by atoms with Gasteiger partial charge in [0.25, 0.3) is 0 Å². The molecule has 4 heterocycles. The van der Waals surface area contributed by atoms with Crippen molar-refractivity contribution in [3.8, 4) is 11.5 Å². The van der Waals surface area contributed by atoms with E-state index in [9.17, 15) is 5.11 Å². The van der Waals surface area contributed by atoms with Crippen LogP contribution in [0.15, 0.2) is 65.3 Å². The summed E-state index contributed by atoms with van der Waals surface area (Å²) >= 11 is 0. The van der Waals surface area contributed by atoms with Gasteiger partial charge in [0.15, 0.2) is 0 Å². The van der Waals surface area contributed by atoms with Gasteiger partial charge in [-0.2, -0.15) is 0 Å². The molecular formula is C22H21N5O2. The lowest BCUT2D eigenvalue weighted by Crippen LogP contribution is -2.21. The number of hydrogen-bond donors (Lipinski definition) is 1. The minimum absolute atomic E-state index is 0.129. The van der Waals surface area contributed by atoms with E-state index < -0.39 is 6.10 Å². The van der Waals surface area contributed by atoms with Crippen LogP contribution in [0.1, 0.15) is 11.6 Å². The summed E-state index contributed by atoms with van der Waals surface area (Å²) in [6.45, 7) is 1.87. The lowest BCUT2D eigenvalue weighted by Gasteiger charge is -2.13. The fourth-order valence-corrected chi connectivity index (χ4v) is 3.88. The first-order valence-corrected chi connectivity index (χ1v) is 9.72. The summed E-state index contributed by atoms with van der Waals surface area (Å²) in [5.41, 5.74) is 2.79. The molecule has 1 aliphatic heterocycles. The number of aromatic nitrogens is 4. The first-order chi connectivity index (χ1) is 14.2. The van der Waals surface area contributed by atoms with Crippen LogP contribution in [0.3, 0.4) is 0 Å². The van der Waals surface area contributed by atoms with Crippen molar-refractivity contribution in [2.75, 3.05) is 13.1 Å². The topological polar surface area (TPSA) is 88.2 Å². The second-order valence-corrected chi connectivity index (χ2v) is 7.46. The molecule has 0 bridgehead atoms. The fourth-order valence-electron chi connectivity index (χ4n) is 3.88. The third-order valence-corrected chi connectivity index (χ3v) is 5.34. The summed E-state index contributed by atoms with van der Waals surface area (Å²) in [5.74, 6) is 1.13. The Labute approximate surface area is 168 Å². The van der Waals surface area contributed by atoms with Crippen molar-refractivity contribution < 1.29 is 9.52 Å². The minimum atomic E-state index is -0.399. The van der Waals surface area contributed by atoms with Gasteiger partial charge in [-0.1, -0.05) is 24.3 Å². The molecule has 0 aliphatic carbocycles. The summed E-state index contributed by atoms with van der Waals surface area (Å²) < 4.78 is 5.77. The Morgan fingerprint density at radius 2 is 1.97 bits per heavy atom. The Balaban J connectivity index is 1.24. The van der Waals surface area contributed by atoms with Crippen LogP contribution in [-0.2, 0) is 13.0 Å². The highest BCUT2D eigenvalue weighted by atomic mass is 16.4. The molecule has 29 heavy (non-hydrogen) atoms. The maximum atomic E-state index is 10.6. The molecule has 0 spiro atoms. The van der Waals surface area contributed by atoms with E-state index in [1.807, 2.05) is 30.3 Å². The van der Waals surface area contributed by atoms with E-state index in [0.29, 0.717) is 24.9 Å². The SMILES string of the molecule is O[C@@H]1CN(Cc2nnc(-c3cccnc3)o2)C[C@H]1Cc1ccc2ccccc2n1. The number of hydrogen-bond acceptors (Lipinski definition) is 7. The van der Waals surface area contributed by atoms with E-state index in [4.69, 9.17) is 9.40 Å². The molecule has 1 fully saturated rings. The molecule has 5 rings (SSSR count). The standard InChI is InChI=1S/C22H21N5O2/c28-20-13-27(14-21-25-26-22(29-21)16-5-3-9-23-11-16)12-17(20)10-18-8-7-15-4-1-2-6-19(15)24-18/h1-9,11,17,20,28H,10,12-14H2/t17-,20-/m1/s1. The molecule has 0 unspecified atom stereocenters. The van der Waals surface area contributed by atoms with Crippen LogP contribution in [0.25, 0.3) is 22.4 Å². The molecule has 1 aromatic carbocycles. The van der Waals surface area contributed by atoms with Crippen molar-refractivity contribution in [3.63, 3.8) is 0 Å². The zero-order valence-electron chi connectivity index (χ0n) is 15.8. The Morgan fingerprint density at radius 1 is 1.03 bits per heavy atom. The number of fused-ring (bicyclic) bond motifs is 1. The van der Waals surface area contributed by atoms with Crippen LogP contribution in [0.2, 0.25) is 0 Å². The maximum Gasteiger partial charge on any atom is 0.249 e. The van der Waals surface area contributed by atoms with Crippen molar-refractivity contribution in [1.29, 1.82) is 0 Å². The van der Waals surface area contributed by atoms with Crippen molar-refractivity contribution >= 4 is 10.9 Å². The normalized spacial score (nSPS) is 19.8. The number of benzene rings is 1. The van der Waals surface area contributed by atoms with E-state index in [-0.39, 0.29) is 5.92 Å². The summed E-state index contributed by atoms with van der Waals surface area (Å²) in [6.07, 6.45) is 3.75. The third-order valence-electron chi connectivity index (χ3n) is 5.34. The number of aliphatic hydroxyl groups is 1. The van der Waals surface area contributed by atoms with Crippen LogP contribution in [0, 0.1) is 5.92 Å². The van der Waals surface area contributed by atoms with E-state index in [1.54, 1.807) is 12.4 Å². The average molecular weight is 387 g/mol. The van der Waals surface area contributed by atoms with Gasteiger partial charge >= 0.3 is 0 Å². The molecule has 1 N–H and O–H groups in total. The lowest BCUT2D eigenvalue weighted by atomic mass is 9.99. The molecule has 0 amide bonds. The van der Waals surface area contributed by atoms with Crippen LogP contribution in [0.4, 0.5) is 0 Å². The lowest BCUT2D eigenvalue weighted by molar-refractivity contribution is 0.139. The summed E-state index contributed by atoms with van der Waals surface area (Å²) in [7, 11) is 0. The van der Waals surface area contributed by atoms with Crippen LogP contribution < -0.4 is 0 Å². The Bertz CT molecular complexity index is 1110. The van der Waals surface area contributed by atoms with Gasteiger partial charge in [0.1, 0.15) is 0 Å². The van der Waals surface area contributed by atoms with Gasteiger partial charge in [-0.3, -0.25) is 14.9 Å². The van der Waals surface area contributed by atoms with E-state index in [2.05, 4.69) is 38.3 Å². The first-order valence-electron chi connectivity index (χ1n) is 9.72. The molecular weight excluding hydrogens is 366 g/mol. The molecule has 7 heteroatoms. The highest BCUT2D eigenvalue weighted by Crippen LogP contribution is 2.24. The van der Waals surface area contributed by atoms with Gasteiger partial charge < -0.3 is 9.52 Å². The molecule has 0 radical (unpaired) electrons. The molecule has 1 aliphatic rings. The molecule has 3 aromatic heterocycles. The Morgan fingerprint density at radius 3 is 2.86 bits per heavy atom. The summed E-state index contributed by atoms with van der Waals surface area (Å²) in [5, 5.41) is 19.9. The second kappa shape index (κ2) is 7.69. The monoisotopic (exact) mass is 387 g/mol. The summed E-state index contributed by atoms with van der Waals surface area (Å²) in [6, 6.07) is 16.0. The minimum Gasteiger partial charge on any atom is -0.419 e. The second-order valence-electron chi connectivity index (χ2n) is 7.46. The van der Waals surface area contributed by atoms with Crippen molar-refractivity contribution in [3.05, 3.63) is 72.5 Å². The van der Waals surface area contributed by atoms with Gasteiger partial charge in [-0.25, -0.2) is 0 Å². The van der Waals surface area contributed by atoms with Crippen LogP contribution in [0.5, 0.6) is 0 Å². The number of rotatable bonds is 5. The number of likely N-dealkylation sites (tertiary alicyclic amines) is 1. The molecule has 0 saturated carbocycles. The van der Waals surface area contributed by atoms with E-state index >= 15 is 0 Å². The molecule has 4 aromatic rings. The predicted octanol–water partition coefficient (Wildman–Crippen LogP) is 2.72. The first kappa shape index (κ1) is 17.9. The number of para-hydroxylation sites is 1. The van der Waals surface area contributed by atoms with Crippen molar-refractivity contribution in [2.45, 2.75) is 19.1 Å². The maximum absolute atomic E-state index is 10.6. The number of aliphatic hydroxyl groups excluding tert-OH is 1. The highest BCUT2D eigenvalue weighted by Gasteiger charge is 2.32. The number of nitrogens with zero attached hydrogens (tertiary/aromatic N) is 5. The Hall–Kier alpha value is -3.16. The van der Waals surface area contributed by atoms with Crippen LogP contribution in [-0.4, -0.2) is 49.4 Å². The molecule has 146 valence electrons. The van der Waals surface area contributed by atoms with Gasteiger partial charge in [0.05, 0.1) is 23.7 Å². The smallest absolute Gasteiger partial charge is 0.249 e. The largest absolute Gasteiger partial charge is 0.419 e. The van der Waals surface area contributed by atoms with Gasteiger partial charge in [-0.15, -0.1) is 10.2 Å². The van der Waals surface area contributed by atoms with Gasteiger partial charge in [0.2, 0.25) is 11.8 Å². The summed E-state index contributed by atoms with van der Waals surface area (Å²) in [4.78, 5) is 11.0. The zero-order valence-corrected chi connectivity index (χ0v) is 15.8. The highest BCUT2D eigenvalue weighted by molar-refractivity contribution is 5.78.